The van der Waals surface area contributed by atoms with Crippen LogP contribution in [0.5, 0.6) is 0 Å². The molecule has 0 spiro atoms. The number of thioether (sulfide) groups is 1. The number of hydrogen-bond acceptors (Lipinski definition) is 1. The van der Waals surface area contributed by atoms with E-state index >= 15 is 0 Å². The van der Waals surface area contributed by atoms with Crippen LogP contribution < -0.4 is 0 Å². The second-order valence-electron chi connectivity index (χ2n) is 3.95. The average molecular weight is 203 g/mol. The number of aromatic nitrogens is 1. The van der Waals surface area contributed by atoms with Gasteiger partial charge in [-0.2, -0.15) is 0 Å². The summed E-state index contributed by atoms with van der Waals surface area (Å²) in [6.45, 7) is 2.30. The molecule has 0 bridgehead atoms. The number of para-hydroxylation sites is 1. The summed E-state index contributed by atoms with van der Waals surface area (Å²) in [5.41, 5.74) is 2.82. The summed E-state index contributed by atoms with van der Waals surface area (Å²) in [6.07, 6.45) is 2.53. The first-order valence-electron chi connectivity index (χ1n) is 5.11. The van der Waals surface area contributed by atoms with Gasteiger partial charge >= 0.3 is 0 Å². The van der Waals surface area contributed by atoms with E-state index in [-0.39, 0.29) is 0 Å². The van der Waals surface area contributed by atoms with Crippen molar-refractivity contribution >= 4 is 22.7 Å². The van der Waals surface area contributed by atoms with Crippen molar-refractivity contribution in [1.82, 2.24) is 4.98 Å². The van der Waals surface area contributed by atoms with Crippen LogP contribution in [0.2, 0.25) is 0 Å². The van der Waals surface area contributed by atoms with E-state index in [1.54, 1.807) is 0 Å². The SMILES string of the molecule is CC1CCc2c([nH]c3ccccc23)S1. The number of aromatic amines is 1. The summed E-state index contributed by atoms with van der Waals surface area (Å²) in [7, 11) is 0. The van der Waals surface area contributed by atoms with E-state index in [0.29, 0.717) is 0 Å². The van der Waals surface area contributed by atoms with Crippen molar-refractivity contribution in [2.75, 3.05) is 0 Å². The summed E-state index contributed by atoms with van der Waals surface area (Å²) >= 11 is 1.98. The van der Waals surface area contributed by atoms with Crippen LogP contribution in [0.25, 0.3) is 10.9 Å². The van der Waals surface area contributed by atoms with Crippen LogP contribution in [0.3, 0.4) is 0 Å². The van der Waals surface area contributed by atoms with Gasteiger partial charge in [-0.05, 0) is 24.5 Å². The quantitative estimate of drug-likeness (QED) is 0.691. The van der Waals surface area contributed by atoms with Crippen molar-refractivity contribution in [3.05, 3.63) is 29.8 Å². The molecule has 0 radical (unpaired) electrons. The minimum atomic E-state index is 0.760. The molecule has 0 aliphatic carbocycles. The Hall–Kier alpha value is -0.890. The minimum Gasteiger partial charge on any atom is -0.349 e. The van der Waals surface area contributed by atoms with Crippen LogP contribution in [-0.4, -0.2) is 10.2 Å². The number of rotatable bonds is 0. The van der Waals surface area contributed by atoms with Crippen molar-refractivity contribution in [2.24, 2.45) is 0 Å². The predicted molar refractivity (Wildman–Crippen MR) is 61.9 cm³/mol. The van der Waals surface area contributed by atoms with Crippen LogP contribution >= 0.6 is 11.8 Å². The van der Waals surface area contributed by atoms with Gasteiger partial charge in [0.1, 0.15) is 0 Å². The average Bonchev–Trinajstić information content (AvgIpc) is 2.54. The molecule has 1 unspecified atom stereocenters. The van der Waals surface area contributed by atoms with Gasteiger partial charge in [0.2, 0.25) is 0 Å². The molecule has 14 heavy (non-hydrogen) atoms. The first-order chi connectivity index (χ1) is 6.84. The summed E-state index contributed by atoms with van der Waals surface area (Å²) in [6, 6.07) is 8.61. The van der Waals surface area contributed by atoms with Crippen molar-refractivity contribution in [2.45, 2.75) is 30.0 Å². The van der Waals surface area contributed by atoms with E-state index in [0.717, 1.165) is 5.25 Å². The molecular formula is C12H13NS. The first kappa shape index (κ1) is 8.42. The molecule has 0 saturated heterocycles. The monoisotopic (exact) mass is 203 g/mol. The van der Waals surface area contributed by atoms with Crippen LogP contribution in [0.4, 0.5) is 0 Å². The third kappa shape index (κ3) is 1.17. The normalized spacial score (nSPS) is 21.1. The van der Waals surface area contributed by atoms with Gasteiger partial charge in [0.05, 0.1) is 5.03 Å². The summed E-state index contributed by atoms with van der Waals surface area (Å²) < 4.78 is 0. The van der Waals surface area contributed by atoms with Crippen LogP contribution in [0.15, 0.2) is 29.3 Å². The molecule has 2 aromatic rings. The highest BCUT2D eigenvalue weighted by Crippen LogP contribution is 2.38. The third-order valence-corrected chi connectivity index (χ3v) is 4.12. The summed E-state index contributed by atoms with van der Waals surface area (Å²) in [5.74, 6) is 0. The lowest BCUT2D eigenvalue weighted by molar-refractivity contribution is 0.779. The van der Waals surface area contributed by atoms with Crippen LogP contribution in [-0.2, 0) is 6.42 Å². The Balaban J connectivity index is 2.24. The molecule has 3 rings (SSSR count). The van der Waals surface area contributed by atoms with Crippen molar-refractivity contribution in [3.63, 3.8) is 0 Å². The highest BCUT2D eigenvalue weighted by molar-refractivity contribution is 8.00. The van der Waals surface area contributed by atoms with Crippen molar-refractivity contribution in [1.29, 1.82) is 0 Å². The van der Waals surface area contributed by atoms with Gasteiger partial charge in [-0.1, -0.05) is 25.1 Å². The van der Waals surface area contributed by atoms with Crippen molar-refractivity contribution < 1.29 is 0 Å². The fraction of sp³-hybridized carbons (Fsp3) is 0.333. The predicted octanol–water partition coefficient (Wildman–Crippen LogP) is 3.59. The van der Waals surface area contributed by atoms with Gasteiger partial charge in [-0.3, -0.25) is 0 Å². The second-order valence-corrected chi connectivity index (χ2v) is 5.39. The zero-order valence-corrected chi connectivity index (χ0v) is 9.03. The molecule has 0 amide bonds. The molecule has 1 aromatic heterocycles. The fourth-order valence-corrected chi connectivity index (χ4v) is 3.29. The molecule has 1 atom stereocenters. The first-order valence-corrected chi connectivity index (χ1v) is 5.99. The molecule has 0 saturated carbocycles. The molecule has 0 fully saturated rings. The second kappa shape index (κ2) is 3.06. The molecule has 2 heteroatoms. The Labute approximate surface area is 87.9 Å². The molecular weight excluding hydrogens is 190 g/mol. The van der Waals surface area contributed by atoms with Crippen LogP contribution in [0.1, 0.15) is 18.9 Å². The molecule has 1 N–H and O–H groups in total. The molecule has 1 aliphatic heterocycles. The van der Waals surface area contributed by atoms with Gasteiger partial charge in [0.25, 0.3) is 0 Å². The zero-order valence-electron chi connectivity index (χ0n) is 8.21. The Morgan fingerprint density at radius 3 is 3.14 bits per heavy atom. The number of H-pyrrole nitrogens is 1. The van der Waals surface area contributed by atoms with E-state index in [2.05, 4.69) is 36.2 Å². The van der Waals surface area contributed by atoms with E-state index in [1.165, 1.54) is 34.3 Å². The maximum Gasteiger partial charge on any atom is 0.0767 e. The Bertz CT molecular complexity index is 472. The van der Waals surface area contributed by atoms with Gasteiger partial charge < -0.3 is 4.98 Å². The van der Waals surface area contributed by atoms with E-state index in [9.17, 15) is 0 Å². The number of hydrogen-bond donors (Lipinski definition) is 1. The van der Waals surface area contributed by atoms with E-state index < -0.39 is 0 Å². The van der Waals surface area contributed by atoms with Gasteiger partial charge in [-0.25, -0.2) is 0 Å². The highest BCUT2D eigenvalue weighted by atomic mass is 32.2. The maximum absolute atomic E-state index is 3.51. The summed E-state index contributed by atoms with van der Waals surface area (Å²) in [4.78, 5) is 3.51. The van der Waals surface area contributed by atoms with Gasteiger partial charge in [0, 0.05) is 16.2 Å². The van der Waals surface area contributed by atoms with Gasteiger partial charge in [-0.15, -0.1) is 11.8 Å². The third-order valence-electron chi connectivity index (χ3n) is 2.89. The van der Waals surface area contributed by atoms with Crippen LogP contribution in [0, 0.1) is 0 Å². The lowest BCUT2D eigenvalue weighted by Crippen LogP contribution is -2.05. The Kier molecular flexibility index (Phi) is 1.84. The number of nitrogens with one attached hydrogen (secondary N) is 1. The number of fused-ring (bicyclic) bond motifs is 3. The minimum absolute atomic E-state index is 0.760. The van der Waals surface area contributed by atoms with E-state index in [1.807, 2.05) is 11.8 Å². The molecule has 1 aliphatic rings. The molecule has 1 aromatic carbocycles. The number of benzene rings is 1. The fourth-order valence-electron chi connectivity index (χ4n) is 2.13. The zero-order chi connectivity index (χ0) is 9.54. The largest absolute Gasteiger partial charge is 0.349 e. The van der Waals surface area contributed by atoms with Crippen molar-refractivity contribution in [3.8, 4) is 0 Å². The van der Waals surface area contributed by atoms with Gasteiger partial charge in [0.15, 0.2) is 0 Å². The lowest BCUT2D eigenvalue weighted by Gasteiger charge is -2.17. The topological polar surface area (TPSA) is 15.8 Å². The smallest absolute Gasteiger partial charge is 0.0767 e. The Morgan fingerprint density at radius 2 is 2.21 bits per heavy atom. The molecule has 2 heterocycles. The van der Waals surface area contributed by atoms with E-state index in [4.69, 9.17) is 0 Å². The standard InChI is InChI=1S/C12H13NS/c1-8-6-7-10-9-4-2-3-5-11(9)13-12(10)14-8/h2-5,8,13H,6-7H2,1H3. The highest BCUT2D eigenvalue weighted by Gasteiger charge is 2.19. The summed E-state index contributed by atoms with van der Waals surface area (Å²) in [5, 5.41) is 3.57. The number of aryl methyl sites for hydroxylation is 1. The molecule has 72 valence electrons. The maximum atomic E-state index is 3.51. The Morgan fingerprint density at radius 1 is 1.36 bits per heavy atom. The lowest BCUT2D eigenvalue weighted by atomic mass is 10.1. The molecule has 1 nitrogen and oxygen atoms in total.